The van der Waals surface area contributed by atoms with Crippen molar-refractivity contribution in [3.63, 3.8) is 0 Å². The standard InChI is InChI=1S/C17H16N4O3S2/c1-21-8-7-11-9-12(5-6-14(11)21)15(22)10-18-26(23,24)16-4-2-3-13-17(16)20-25-19-13/h2-9,15,18,22H,10H2,1H3. The van der Waals surface area contributed by atoms with Gasteiger partial charge in [-0.1, -0.05) is 12.1 Å². The molecule has 2 aromatic heterocycles. The number of sulfonamides is 1. The molecule has 2 aromatic carbocycles. The number of hydrogen-bond acceptors (Lipinski definition) is 6. The summed E-state index contributed by atoms with van der Waals surface area (Å²) >= 11 is 0.964. The topological polar surface area (TPSA) is 97.1 Å². The van der Waals surface area contributed by atoms with E-state index in [0.717, 1.165) is 22.6 Å². The van der Waals surface area contributed by atoms with E-state index in [-0.39, 0.29) is 11.4 Å². The first-order chi connectivity index (χ1) is 12.5. The van der Waals surface area contributed by atoms with Gasteiger partial charge in [0.05, 0.1) is 17.8 Å². The molecule has 0 bridgehead atoms. The Morgan fingerprint density at radius 2 is 2.08 bits per heavy atom. The average Bonchev–Trinajstić information content (AvgIpc) is 3.26. The normalized spacial score (nSPS) is 13.5. The Morgan fingerprint density at radius 1 is 1.23 bits per heavy atom. The van der Waals surface area contributed by atoms with Crippen LogP contribution < -0.4 is 4.72 Å². The maximum absolute atomic E-state index is 12.6. The van der Waals surface area contributed by atoms with E-state index in [1.54, 1.807) is 18.2 Å². The van der Waals surface area contributed by atoms with Crippen molar-refractivity contribution in [3.05, 3.63) is 54.2 Å². The van der Waals surface area contributed by atoms with Gasteiger partial charge in [0.2, 0.25) is 10.0 Å². The van der Waals surface area contributed by atoms with Gasteiger partial charge in [-0.3, -0.25) is 0 Å². The van der Waals surface area contributed by atoms with Crippen LogP contribution in [-0.2, 0) is 17.1 Å². The molecule has 26 heavy (non-hydrogen) atoms. The third-order valence-corrected chi connectivity index (χ3v) is 6.30. The molecular formula is C17H16N4O3S2. The number of aryl methyl sites for hydroxylation is 1. The van der Waals surface area contributed by atoms with Gasteiger partial charge in [0.15, 0.2) is 0 Å². The van der Waals surface area contributed by atoms with Crippen LogP contribution in [0.3, 0.4) is 0 Å². The highest BCUT2D eigenvalue weighted by Crippen LogP contribution is 2.23. The maximum Gasteiger partial charge on any atom is 0.242 e. The van der Waals surface area contributed by atoms with E-state index in [9.17, 15) is 13.5 Å². The molecule has 2 heterocycles. The van der Waals surface area contributed by atoms with E-state index in [1.807, 2.05) is 36.0 Å². The van der Waals surface area contributed by atoms with Gasteiger partial charge in [0, 0.05) is 25.3 Å². The van der Waals surface area contributed by atoms with Gasteiger partial charge in [-0.05, 0) is 41.3 Å². The molecule has 0 aliphatic rings. The number of benzene rings is 2. The lowest BCUT2D eigenvalue weighted by Gasteiger charge is -2.13. The molecule has 9 heteroatoms. The van der Waals surface area contributed by atoms with Crippen LogP contribution in [0.4, 0.5) is 0 Å². The Hall–Kier alpha value is -2.33. The van der Waals surface area contributed by atoms with Gasteiger partial charge in [0.25, 0.3) is 0 Å². The van der Waals surface area contributed by atoms with E-state index < -0.39 is 16.1 Å². The van der Waals surface area contributed by atoms with E-state index in [2.05, 4.69) is 13.5 Å². The fourth-order valence-electron chi connectivity index (χ4n) is 2.89. The first kappa shape index (κ1) is 17.1. The second kappa shape index (κ2) is 6.44. The van der Waals surface area contributed by atoms with E-state index >= 15 is 0 Å². The van der Waals surface area contributed by atoms with Gasteiger partial charge < -0.3 is 9.67 Å². The fraction of sp³-hybridized carbons (Fsp3) is 0.176. The molecule has 134 valence electrons. The molecule has 0 radical (unpaired) electrons. The number of aromatic nitrogens is 3. The van der Waals surface area contributed by atoms with Gasteiger partial charge in [-0.25, -0.2) is 13.1 Å². The molecule has 0 saturated heterocycles. The van der Waals surface area contributed by atoms with Crippen molar-refractivity contribution in [1.82, 2.24) is 18.0 Å². The fourth-order valence-corrected chi connectivity index (χ4v) is 4.69. The Labute approximate surface area is 154 Å². The molecule has 1 unspecified atom stereocenters. The highest BCUT2D eigenvalue weighted by molar-refractivity contribution is 7.89. The van der Waals surface area contributed by atoms with Crippen molar-refractivity contribution in [2.45, 2.75) is 11.0 Å². The quantitative estimate of drug-likeness (QED) is 0.546. The van der Waals surface area contributed by atoms with Crippen LogP contribution in [0.25, 0.3) is 21.9 Å². The summed E-state index contributed by atoms with van der Waals surface area (Å²) in [5, 5.41) is 11.4. The second-order valence-corrected chi connectivity index (χ2v) is 8.26. The van der Waals surface area contributed by atoms with E-state index in [4.69, 9.17) is 0 Å². The molecular weight excluding hydrogens is 372 g/mol. The molecule has 0 amide bonds. The zero-order valence-corrected chi connectivity index (χ0v) is 15.5. The Balaban J connectivity index is 1.56. The first-order valence-electron chi connectivity index (χ1n) is 7.90. The molecule has 0 fully saturated rings. The minimum Gasteiger partial charge on any atom is -0.387 e. The van der Waals surface area contributed by atoms with Gasteiger partial charge in [-0.15, -0.1) is 0 Å². The van der Waals surface area contributed by atoms with Crippen molar-refractivity contribution < 1.29 is 13.5 Å². The zero-order valence-electron chi connectivity index (χ0n) is 13.8. The minimum atomic E-state index is -3.81. The van der Waals surface area contributed by atoms with Crippen LogP contribution in [0.5, 0.6) is 0 Å². The van der Waals surface area contributed by atoms with Crippen LogP contribution in [0, 0.1) is 0 Å². The molecule has 1 atom stereocenters. The molecule has 0 spiro atoms. The molecule has 7 nitrogen and oxygen atoms in total. The average molecular weight is 388 g/mol. The maximum atomic E-state index is 12.6. The molecule has 0 aliphatic carbocycles. The highest BCUT2D eigenvalue weighted by atomic mass is 32.2. The third kappa shape index (κ3) is 2.99. The second-order valence-electron chi connectivity index (χ2n) is 6.00. The van der Waals surface area contributed by atoms with Crippen LogP contribution in [-0.4, -0.2) is 33.4 Å². The summed E-state index contributed by atoms with van der Waals surface area (Å²) in [6, 6.07) is 12.3. The van der Waals surface area contributed by atoms with Crippen molar-refractivity contribution in [2.24, 2.45) is 7.05 Å². The number of aliphatic hydroxyl groups is 1. The summed E-state index contributed by atoms with van der Waals surface area (Å²) in [5.41, 5.74) is 2.57. The van der Waals surface area contributed by atoms with E-state index in [0.29, 0.717) is 16.6 Å². The number of aliphatic hydroxyl groups excluding tert-OH is 1. The third-order valence-electron chi connectivity index (χ3n) is 4.30. The van der Waals surface area contributed by atoms with Crippen LogP contribution in [0.1, 0.15) is 11.7 Å². The van der Waals surface area contributed by atoms with Gasteiger partial charge in [0.1, 0.15) is 15.9 Å². The molecule has 0 saturated carbocycles. The summed E-state index contributed by atoms with van der Waals surface area (Å²) in [6.07, 6.45) is 0.980. The Kier molecular flexibility index (Phi) is 4.23. The van der Waals surface area contributed by atoms with Crippen molar-refractivity contribution in [3.8, 4) is 0 Å². The van der Waals surface area contributed by atoms with Crippen LogP contribution >= 0.6 is 11.7 Å². The van der Waals surface area contributed by atoms with Gasteiger partial charge in [-0.2, -0.15) is 8.75 Å². The number of rotatable bonds is 5. The predicted molar refractivity (Wildman–Crippen MR) is 100 cm³/mol. The number of hydrogen-bond donors (Lipinski definition) is 2. The largest absolute Gasteiger partial charge is 0.387 e. The summed E-state index contributed by atoms with van der Waals surface area (Å²) in [7, 11) is -1.86. The zero-order chi connectivity index (χ0) is 18.3. The summed E-state index contributed by atoms with van der Waals surface area (Å²) < 4.78 is 37.8. The van der Waals surface area contributed by atoms with E-state index in [1.165, 1.54) is 6.07 Å². The lowest BCUT2D eigenvalue weighted by atomic mass is 10.1. The highest BCUT2D eigenvalue weighted by Gasteiger charge is 2.21. The van der Waals surface area contributed by atoms with Crippen LogP contribution in [0.2, 0.25) is 0 Å². The SMILES string of the molecule is Cn1ccc2cc(C(O)CNS(=O)(=O)c3cccc4nsnc34)ccc21. The predicted octanol–water partition coefficient (Wildman–Crippen LogP) is 2.19. The van der Waals surface area contributed by atoms with Crippen molar-refractivity contribution in [2.75, 3.05) is 6.54 Å². The van der Waals surface area contributed by atoms with Crippen molar-refractivity contribution >= 4 is 43.7 Å². The first-order valence-corrected chi connectivity index (χ1v) is 10.1. The van der Waals surface area contributed by atoms with Gasteiger partial charge >= 0.3 is 0 Å². The lowest BCUT2D eigenvalue weighted by molar-refractivity contribution is 0.182. The summed E-state index contributed by atoms with van der Waals surface area (Å²) in [6.45, 7) is -0.130. The summed E-state index contributed by atoms with van der Waals surface area (Å²) in [4.78, 5) is 0.0643. The monoisotopic (exact) mass is 388 g/mol. The molecule has 2 N–H and O–H groups in total. The molecule has 0 aliphatic heterocycles. The lowest BCUT2D eigenvalue weighted by Crippen LogP contribution is -2.28. The number of nitrogens with one attached hydrogen (secondary N) is 1. The van der Waals surface area contributed by atoms with Crippen LogP contribution in [0.15, 0.2) is 53.6 Å². The minimum absolute atomic E-state index is 0.0643. The molecule has 4 aromatic rings. The number of fused-ring (bicyclic) bond motifs is 2. The molecule has 4 rings (SSSR count). The Bertz CT molecular complexity index is 1200. The Morgan fingerprint density at radius 3 is 2.92 bits per heavy atom. The number of nitrogens with zero attached hydrogens (tertiary/aromatic N) is 3. The van der Waals surface area contributed by atoms with Crippen molar-refractivity contribution in [1.29, 1.82) is 0 Å². The summed E-state index contributed by atoms with van der Waals surface area (Å²) in [5.74, 6) is 0. The smallest absolute Gasteiger partial charge is 0.242 e.